The quantitative estimate of drug-likeness (QED) is 0.460. The first-order valence-corrected chi connectivity index (χ1v) is 12.2. The Hall–Kier alpha value is -2.76. The maximum Gasteiger partial charge on any atom is 0.261 e. The van der Waals surface area contributed by atoms with Crippen molar-refractivity contribution in [2.24, 2.45) is 5.92 Å². The van der Waals surface area contributed by atoms with Crippen molar-refractivity contribution in [2.75, 3.05) is 10.0 Å². The van der Waals surface area contributed by atoms with Crippen LogP contribution in [0, 0.1) is 12.8 Å². The van der Waals surface area contributed by atoms with Crippen molar-refractivity contribution in [3.05, 3.63) is 101 Å². The fourth-order valence-electron chi connectivity index (χ4n) is 4.60. The smallest absolute Gasteiger partial charge is 0.261 e. The fourth-order valence-corrected chi connectivity index (χ4v) is 5.87. The van der Waals surface area contributed by atoms with Crippen LogP contribution in [-0.4, -0.2) is 8.42 Å². The Morgan fingerprint density at radius 1 is 1.03 bits per heavy atom. The third-order valence-corrected chi connectivity index (χ3v) is 8.01. The highest BCUT2D eigenvalue weighted by atomic mass is 35.5. The maximum absolute atomic E-state index is 13.1. The molecule has 3 unspecified atom stereocenters. The number of anilines is 2. The van der Waals surface area contributed by atoms with Crippen molar-refractivity contribution in [2.45, 2.75) is 30.2 Å². The summed E-state index contributed by atoms with van der Waals surface area (Å²) in [5, 5.41) is 4.18. The summed E-state index contributed by atoms with van der Waals surface area (Å²) in [7, 11) is -3.73. The molecule has 31 heavy (non-hydrogen) atoms. The van der Waals surface area contributed by atoms with E-state index in [1.807, 2.05) is 19.1 Å². The Morgan fingerprint density at radius 2 is 1.84 bits per heavy atom. The summed E-state index contributed by atoms with van der Waals surface area (Å²) in [5.41, 5.74) is 4.61. The summed E-state index contributed by atoms with van der Waals surface area (Å²) >= 11 is 6.16. The monoisotopic (exact) mass is 450 g/mol. The van der Waals surface area contributed by atoms with E-state index in [0.29, 0.717) is 16.6 Å². The van der Waals surface area contributed by atoms with E-state index in [0.717, 1.165) is 23.2 Å². The van der Waals surface area contributed by atoms with Crippen LogP contribution < -0.4 is 10.0 Å². The summed E-state index contributed by atoms with van der Waals surface area (Å²) in [6.45, 7) is 1.88. The highest BCUT2D eigenvalue weighted by molar-refractivity contribution is 7.92. The van der Waals surface area contributed by atoms with Crippen LogP contribution in [0.3, 0.4) is 0 Å². The van der Waals surface area contributed by atoms with Crippen LogP contribution in [-0.2, 0) is 10.0 Å². The van der Waals surface area contributed by atoms with Gasteiger partial charge in [0.05, 0.1) is 16.6 Å². The van der Waals surface area contributed by atoms with E-state index in [-0.39, 0.29) is 16.9 Å². The minimum atomic E-state index is -3.73. The highest BCUT2D eigenvalue weighted by Crippen LogP contribution is 2.50. The lowest BCUT2D eigenvalue weighted by Gasteiger charge is -2.37. The zero-order valence-corrected chi connectivity index (χ0v) is 18.6. The number of benzene rings is 3. The van der Waals surface area contributed by atoms with Crippen LogP contribution in [0.1, 0.15) is 35.1 Å². The second-order valence-electron chi connectivity index (χ2n) is 8.20. The van der Waals surface area contributed by atoms with Crippen molar-refractivity contribution in [3.63, 3.8) is 0 Å². The molecule has 0 spiro atoms. The first kappa shape index (κ1) is 20.2. The lowest BCUT2D eigenvalue weighted by molar-refractivity contribution is 0.425. The van der Waals surface area contributed by atoms with Gasteiger partial charge >= 0.3 is 0 Å². The van der Waals surface area contributed by atoms with Crippen LogP contribution in [0.4, 0.5) is 11.4 Å². The van der Waals surface area contributed by atoms with Crippen molar-refractivity contribution >= 4 is 33.0 Å². The molecule has 0 aromatic heterocycles. The SMILES string of the molecule is Cc1ccc(NS(=O)(=O)c2ccc3c(c2)C2C=CCC2C(c2ccccc2)N3)cc1Cl. The third-order valence-electron chi connectivity index (χ3n) is 6.23. The van der Waals surface area contributed by atoms with Crippen LogP contribution >= 0.6 is 11.6 Å². The van der Waals surface area contributed by atoms with Crippen LogP contribution in [0.25, 0.3) is 0 Å². The fraction of sp³-hybridized carbons (Fsp3) is 0.200. The van der Waals surface area contributed by atoms with Crippen molar-refractivity contribution in [1.29, 1.82) is 0 Å². The van der Waals surface area contributed by atoms with Gasteiger partial charge in [-0.3, -0.25) is 4.72 Å². The zero-order valence-electron chi connectivity index (χ0n) is 17.0. The Morgan fingerprint density at radius 3 is 2.61 bits per heavy atom. The second-order valence-corrected chi connectivity index (χ2v) is 10.3. The lowest BCUT2D eigenvalue weighted by atomic mass is 9.77. The standard InChI is InChI=1S/C25H23ClN2O2S/c1-16-10-11-18(14-23(16)26)28-31(29,30)19-12-13-24-22(15-19)20-8-5-9-21(20)25(27-24)17-6-3-2-4-7-17/h2-8,10-15,20-21,25,27-28H,9H2,1H3. The van der Waals surface area contributed by atoms with Gasteiger partial charge in [-0.25, -0.2) is 8.42 Å². The second kappa shape index (κ2) is 7.74. The highest BCUT2D eigenvalue weighted by Gasteiger charge is 2.38. The number of allylic oxidation sites excluding steroid dienone is 2. The van der Waals surface area contributed by atoms with Gasteiger partial charge in [0.15, 0.2) is 0 Å². The molecule has 2 N–H and O–H groups in total. The molecular formula is C25H23ClN2O2S. The summed E-state index contributed by atoms with van der Waals surface area (Å²) in [4.78, 5) is 0.252. The summed E-state index contributed by atoms with van der Waals surface area (Å²) in [6, 6.07) is 21.1. The van der Waals surface area contributed by atoms with E-state index in [1.165, 1.54) is 5.56 Å². The molecule has 4 nitrogen and oxygen atoms in total. The number of fused-ring (bicyclic) bond motifs is 3. The van der Waals surface area contributed by atoms with E-state index in [2.05, 4.69) is 46.5 Å². The van der Waals surface area contributed by atoms with Gasteiger partial charge in [-0.05, 0) is 66.3 Å². The van der Waals surface area contributed by atoms with Crippen LogP contribution in [0.2, 0.25) is 5.02 Å². The summed E-state index contributed by atoms with van der Waals surface area (Å²) in [6.07, 6.45) is 5.38. The molecular weight excluding hydrogens is 428 g/mol. The molecule has 3 aromatic carbocycles. The van der Waals surface area contributed by atoms with Crippen LogP contribution in [0.15, 0.2) is 83.8 Å². The molecule has 0 radical (unpaired) electrons. The van der Waals surface area contributed by atoms with Gasteiger partial charge in [0.1, 0.15) is 0 Å². The molecule has 158 valence electrons. The number of aryl methyl sites for hydroxylation is 1. The molecule has 3 aromatic rings. The molecule has 6 heteroatoms. The van der Waals surface area contributed by atoms with Gasteiger partial charge < -0.3 is 5.32 Å². The first-order chi connectivity index (χ1) is 14.9. The number of sulfonamides is 1. The summed E-state index contributed by atoms with van der Waals surface area (Å²) in [5.74, 6) is 0.544. The van der Waals surface area contributed by atoms with E-state index in [1.54, 1.807) is 30.3 Å². The average Bonchev–Trinajstić information content (AvgIpc) is 3.26. The largest absolute Gasteiger partial charge is 0.378 e. The van der Waals surface area contributed by atoms with Gasteiger partial charge in [0.2, 0.25) is 0 Å². The Kier molecular flexibility index (Phi) is 5.03. The number of halogens is 1. The van der Waals surface area contributed by atoms with Gasteiger partial charge in [-0.1, -0.05) is 60.2 Å². The molecule has 0 saturated heterocycles. The minimum absolute atomic E-state index is 0.186. The van der Waals surface area contributed by atoms with E-state index in [9.17, 15) is 8.42 Å². The Bertz CT molecular complexity index is 1270. The maximum atomic E-state index is 13.1. The molecule has 2 aliphatic rings. The van der Waals surface area contributed by atoms with Crippen molar-refractivity contribution < 1.29 is 8.42 Å². The van der Waals surface area contributed by atoms with Crippen molar-refractivity contribution in [3.8, 4) is 0 Å². The zero-order chi connectivity index (χ0) is 21.6. The molecule has 0 fully saturated rings. The molecule has 1 heterocycles. The predicted octanol–water partition coefficient (Wildman–Crippen LogP) is 6.28. The number of nitrogens with one attached hydrogen (secondary N) is 2. The third kappa shape index (κ3) is 3.73. The van der Waals surface area contributed by atoms with Crippen LogP contribution in [0.5, 0.6) is 0 Å². The molecule has 3 atom stereocenters. The predicted molar refractivity (Wildman–Crippen MR) is 126 cm³/mol. The van der Waals surface area contributed by atoms with Gasteiger partial charge in [0, 0.05) is 16.6 Å². The number of hydrogen-bond donors (Lipinski definition) is 2. The molecule has 0 amide bonds. The molecule has 1 aliphatic heterocycles. The number of rotatable bonds is 4. The van der Waals surface area contributed by atoms with Gasteiger partial charge in [-0.15, -0.1) is 0 Å². The first-order valence-electron chi connectivity index (χ1n) is 10.3. The molecule has 1 aliphatic carbocycles. The Balaban J connectivity index is 1.48. The topological polar surface area (TPSA) is 58.2 Å². The van der Waals surface area contributed by atoms with E-state index >= 15 is 0 Å². The van der Waals surface area contributed by atoms with Gasteiger partial charge in [0.25, 0.3) is 10.0 Å². The van der Waals surface area contributed by atoms with E-state index in [4.69, 9.17) is 11.6 Å². The van der Waals surface area contributed by atoms with E-state index < -0.39 is 10.0 Å². The molecule has 0 bridgehead atoms. The van der Waals surface area contributed by atoms with Crippen molar-refractivity contribution in [1.82, 2.24) is 0 Å². The Labute approximate surface area is 188 Å². The summed E-state index contributed by atoms with van der Waals surface area (Å²) < 4.78 is 28.8. The van der Waals surface area contributed by atoms with Gasteiger partial charge in [-0.2, -0.15) is 0 Å². The minimum Gasteiger partial charge on any atom is -0.378 e. The average molecular weight is 451 g/mol. The number of hydrogen-bond acceptors (Lipinski definition) is 3. The molecule has 5 rings (SSSR count). The molecule has 0 saturated carbocycles. The lowest BCUT2D eigenvalue weighted by Crippen LogP contribution is -2.29. The normalized spacial score (nSPS) is 21.8.